The molecule has 0 atom stereocenters. The Morgan fingerprint density at radius 1 is 1.26 bits per heavy atom. The normalized spacial score (nSPS) is 9.89. The Morgan fingerprint density at radius 3 is 2.58 bits per heavy atom. The third-order valence-corrected chi connectivity index (χ3v) is 2.70. The summed E-state index contributed by atoms with van der Waals surface area (Å²) >= 11 is 0. The fourth-order valence-electron chi connectivity index (χ4n) is 1.71. The van der Waals surface area contributed by atoms with Crippen LogP contribution >= 0.6 is 0 Å². The maximum Gasteiger partial charge on any atom is 0.224 e. The average molecular weight is 254 g/mol. The first kappa shape index (κ1) is 12.9. The van der Waals surface area contributed by atoms with Crippen molar-refractivity contribution >= 4 is 5.91 Å². The molecule has 0 aliphatic carbocycles. The predicted octanol–water partition coefficient (Wildman–Crippen LogP) is 2.32. The summed E-state index contributed by atoms with van der Waals surface area (Å²) in [5.74, 6) is 1.50. The minimum atomic E-state index is -0.0706. The standard InChI is InChI=1S/C15H14N2O2/c1-11-2-7-14(19-11)10-17-15(18)8-12-3-5-13(9-16)6-4-12/h2-7H,8,10H2,1H3,(H,17,18). The second kappa shape index (κ2) is 5.87. The topological polar surface area (TPSA) is 66.0 Å². The number of aryl methyl sites for hydroxylation is 1. The molecular weight excluding hydrogens is 240 g/mol. The number of nitrogens with one attached hydrogen (secondary N) is 1. The van der Waals surface area contributed by atoms with E-state index in [4.69, 9.17) is 9.68 Å². The molecule has 0 radical (unpaired) electrons. The van der Waals surface area contributed by atoms with Crippen molar-refractivity contribution in [1.29, 1.82) is 5.26 Å². The van der Waals surface area contributed by atoms with Gasteiger partial charge in [0.1, 0.15) is 11.5 Å². The fraction of sp³-hybridized carbons (Fsp3) is 0.200. The number of amides is 1. The van der Waals surface area contributed by atoms with Gasteiger partial charge in [0.25, 0.3) is 0 Å². The van der Waals surface area contributed by atoms with Crippen LogP contribution in [0.1, 0.15) is 22.6 Å². The highest BCUT2D eigenvalue weighted by Gasteiger charge is 2.05. The number of benzene rings is 1. The minimum Gasteiger partial charge on any atom is -0.465 e. The molecule has 0 aliphatic heterocycles. The Hall–Kier alpha value is -2.54. The molecule has 0 aliphatic rings. The lowest BCUT2D eigenvalue weighted by atomic mass is 10.1. The van der Waals surface area contributed by atoms with Crippen molar-refractivity contribution in [3.8, 4) is 6.07 Å². The highest BCUT2D eigenvalue weighted by molar-refractivity contribution is 5.78. The van der Waals surface area contributed by atoms with E-state index in [2.05, 4.69) is 5.32 Å². The van der Waals surface area contributed by atoms with E-state index in [9.17, 15) is 4.79 Å². The molecule has 4 nitrogen and oxygen atoms in total. The fourth-order valence-corrected chi connectivity index (χ4v) is 1.71. The molecular formula is C15H14N2O2. The molecule has 2 rings (SSSR count). The molecule has 1 N–H and O–H groups in total. The molecule has 0 saturated carbocycles. The number of rotatable bonds is 4. The number of nitriles is 1. The van der Waals surface area contributed by atoms with Crippen LogP contribution in [0.2, 0.25) is 0 Å². The van der Waals surface area contributed by atoms with Crippen LogP contribution in [0.3, 0.4) is 0 Å². The molecule has 0 fully saturated rings. The van der Waals surface area contributed by atoms with Crippen molar-refractivity contribution in [2.75, 3.05) is 0 Å². The first-order chi connectivity index (χ1) is 9.17. The summed E-state index contributed by atoms with van der Waals surface area (Å²) in [5, 5.41) is 11.5. The first-order valence-electron chi connectivity index (χ1n) is 5.98. The van der Waals surface area contributed by atoms with Crippen LogP contribution in [0.4, 0.5) is 0 Å². The van der Waals surface area contributed by atoms with Crippen LogP contribution < -0.4 is 5.32 Å². The average Bonchev–Trinajstić information content (AvgIpc) is 2.83. The summed E-state index contributed by atoms with van der Waals surface area (Å²) < 4.78 is 5.36. The van der Waals surface area contributed by atoms with Gasteiger partial charge in [-0.15, -0.1) is 0 Å². The van der Waals surface area contributed by atoms with Crippen molar-refractivity contribution in [2.45, 2.75) is 19.9 Å². The van der Waals surface area contributed by atoms with Crippen LogP contribution in [0, 0.1) is 18.3 Å². The van der Waals surface area contributed by atoms with E-state index in [0.717, 1.165) is 17.1 Å². The molecule has 1 amide bonds. The first-order valence-corrected chi connectivity index (χ1v) is 5.98. The van der Waals surface area contributed by atoms with Crippen molar-refractivity contribution in [3.05, 3.63) is 59.0 Å². The lowest BCUT2D eigenvalue weighted by Crippen LogP contribution is -2.24. The Morgan fingerprint density at radius 2 is 2.00 bits per heavy atom. The van der Waals surface area contributed by atoms with Gasteiger partial charge in [0.15, 0.2) is 0 Å². The molecule has 2 aromatic rings. The van der Waals surface area contributed by atoms with Gasteiger partial charge in [0.05, 0.1) is 24.6 Å². The van der Waals surface area contributed by atoms with Gasteiger partial charge < -0.3 is 9.73 Å². The van der Waals surface area contributed by atoms with E-state index in [0.29, 0.717) is 18.5 Å². The van der Waals surface area contributed by atoms with Gasteiger partial charge in [0, 0.05) is 0 Å². The molecule has 0 saturated heterocycles. The van der Waals surface area contributed by atoms with Gasteiger partial charge in [-0.1, -0.05) is 12.1 Å². The highest BCUT2D eigenvalue weighted by Crippen LogP contribution is 2.06. The van der Waals surface area contributed by atoms with Crippen LogP contribution in [-0.2, 0) is 17.8 Å². The highest BCUT2D eigenvalue weighted by atomic mass is 16.3. The second-order valence-electron chi connectivity index (χ2n) is 4.27. The Kier molecular flexibility index (Phi) is 3.99. The quantitative estimate of drug-likeness (QED) is 0.910. The van der Waals surface area contributed by atoms with Crippen molar-refractivity contribution in [2.24, 2.45) is 0 Å². The lowest BCUT2D eigenvalue weighted by molar-refractivity contribution is -0.120. The molecule has 0 bridgehead atoms. The van der Waals surface area contributed by atoms with Gasteiger partial charge in [-0.05, 0) is 36.8 Å². The number of carbonyl (C=O) groups is 1. The Balaban J connectivity index is 1.85. The number of nitrogens with zero attached hydrogens (tertiary/aromatic N) is 1. The largest absolute Gasteiger partial charge is 0.465 e. The van der Waals surface area contributed by atoms with E-state index in [-0.39, 0.29) is 5.91 Å². The molecule has 19 heavy (non-hydrogen) atoms. The lowest BCUT2D eigenvalue weighted by Gasteiger charge is -2.03. The maximum atomic E-state index is 11.7. The zero-order chi connectivity index (χ0) is 13.7. The third-order valence-electron chi connectivity index (χ3n) is 2.70. The Labute approximate surface area is 111 Å². The monoisotopic (exact) mass is 254 g/mol. The number of furan rings is 1. The zero-order valence-electron chi connectivity index (χ0n) is 10.6. The van der Waals surface area contributed by atoms with E-state index < -0.39 is 0 Å². The van der Waals surface area contributed by atoms with Gasteiger partial charge in [-0.25, -0.2) is 0 Å². The number of hydrogen-bond donors (Lipinski definition) is 1. The molecule has 4 heteroatoms. The van der Waals surface area contributed by atoms with Gasteiger partial charge in [-0.3, -0.25) is 4.79 Å². The summed E-state index contributed by atoms with van der Waals surface area (Å²) in [5.41, 5.74) is 1.47. The summed E-state index contributed by atoms with van der Waals surface area (Å²) in [4.78, 5) is 11.7. The Bertz CT molecular complexity index is 606. The van der Waals surface area contributed by atoms with Crippen LogP contribution in [0.15, 0.2) is 40.8 Å². The summed E-state index contributed by atoms with van der Waals surface area (Å²) in [6.45, 7) is 2.25. The SMILES string of the molecule is Cc1ccc(CNC(=O)Cc2ccc(C#N)cc2)o1. The molecule has 96 valence electrons. The van der Waals surface area contributed by atoms with E-state index in [1.165, 1.54) is 0 Å². The van der Waals surface area contributed by atoms with Gasteiger partial charge >= 0.3 is 0 Å². The van der Waals surface area contributed by atoms with Crippen molar-refractivity contribution in [1.82, 2.24) is 5.32 Å². The van der Waals surface area contributed by atoms with E-state index in [1.54, 1.807) is 24.3 Å². The molecule has 0 spiro atoms. The smallest absolute Gasteiger partial charge is 0.224 e. The number of carbonyl (C=O) groups excluding carboxylic acids is 1. The maximum absolute atomic E-state index is 11.7. The van der Waals surface area contributed by atoms with Crippen LogP contribution in [0.5, 0.6) is 0 Å². The summed E-state index contributed by atoms with van der Waals surface area (Å²) in [6, 6.07) is 12.7. The predicted molar refractivity (Wildman–Crippen MR) is 70.2 cm³/mol. The molecule has 1 aromatic heterocycles. The second-order valence-corrected chi connectivity index (χ2v) is 4.27. The van der Waals surface area contributed by atoms with Gasteiger partial charge in [-0.2, -0.15) is 5.26 Å². The van der Waals surface area contributed by atoms with E-state index in [1.807, 2.05) is 25.1 Å². The third kappa shape index (κ3) is 3.71. The van der Waals surface area contributed by atoms with E-state index >= 15 is 0 Å². The van der Waals surface area contributed by atoms with Crippen LogP contribution in [0.25, 0.3) is 0 Å². The number of hydrogen-bond acceptors (Lipinski definition) is 3. The summed E-state index contributed by atoms with van der Waals surface area (Å²) in [6.07, 6.45) is 0.297. The zero-order valence-corrected chi connectivity index (χ0v) is 10.6. The molecule has 0 unspecified atom stereocenters. The minimum absolute atomic E-state index is 0.0706. The van der Waals surface area contributed by atoms with Gasteiger partial charge in [0.2, 0.25) is 5.91 Å². The van der Waals surface area contributed by atoms with Crippen molar-refractivity contribution in [3.63, 3.8) is 0 Å². The van der Waals surface area contributed by atoms with Crippen LogP contribution in [-0.4, -0.2) is 5.91 Å². The van der Waals surface area contributed by atoms with Crippen molar-refractivity contribution < 1.29 is 9.21 Å². The summed E-state index contributed by atoms with van der Waals surface area (Å²) in [7, 11) is 0. The molecule has 1 aromatic carbocycles. The molecule has 1 heterocycles.